The maximum atomic E-state index is 12.8. The number of piperidine rings is 1. The Kier molecular flexibility index (Phi) is 6.71. The van der Waals surface area contributed by atoms with Crippen molar-refractivity contribution in [1.29, 1.82) is 0 Å². The third-order valence-electron chi connectivity index (χ3n) is 5.57. The van der Waals surface area contributed by atoms with Crippen LogP contribution in [0.25, 0.3) is 0 Å². The molecule has 3 rings (SSSR count). The summed E-state index contributed by atoms with van der Waals surface area (Å²) in [5.74, 6) is 0.831. The highest BCUT2D eigenvalue weighted by Gasteiger charge is 2.37. The van der Waals surface area contributed by atoms with Crippen LogP contribution in [0.5, 0.6) is 0 Å². The SMILES string of the molecule is C=CCN1CC(C(=O)N2CCC(n3nccc3NC(=O)CC(C)C)CC2)CC1=O. The second-order valence-electron chi connectivity index (χ2n) is 8.35. The topological polar surface area (TPSA) is 87.5 Å². The van der Waals surface area contributed by atoms with E-state index in [0.717, 1.165) is 12.8 Å². The smallest absolute Gasteiger partial charge is 0.227 e. The van der Waals surface area contributed by atoms with Crippen LogP contribution in [0.3, 0.4) is 0 Å². The summed E-state index contributed by atoms with van der Waals surface area (Å²) in [4.78, 5) is 40.5. The molecule has 1 aromatic rings. The molecule has 8 nitrogen and oxygen atoms in total. The van der Waals surface area contributed by atoms with E-state index in [0.29, 0.717) is 44.3 Å². The van der Waals surface area contributed by atoms with Crippen LogP contribution in [0.2, 0.25) is 0 Å². The second kappa shape index (κ2) is 9.24. The molecule has 8 heteroatoms. The van der Waals surface area contributed by atoms with Crippen molar-refractivity contribution in [2.45, 2.75) is 45.6 Å². The molecule has 158 valence electrons. The summed E-state index contributed by atoms with van der Waals surface area (Å²) in [5.41, 5.74) is 0. The van der Waals surface area contributed by atoms with Gasteiger partial charge in [-0.15, -0.1) is 6.58 Å². The molecular formula is C21H31N5O3. The largest absolute Gasteiger partial charge is 0.342 e. The Morgan fingerprint density at radius 3 is 2.72 bits per heavy atom. The van der Waals surface area contributed by atoms with E-state index in [-0.39, 0.29) is 36.1 Å². The molecule has 0 saturated carbocycles. The first kappa shape index (κ1) is 21.1. The highest BCUT2D eigenvalue weighted by atomic mass is 16.2. The highest BCUT2D eigenvalue weighted by molar-refractivity contribution is 5.90. The van der Waals surface area contributed by atoms with Crippen molar-refractivity contribution in [1.82, 2.24) is 19.6 Å². The van der Waals surface area contributed by atoms with Crippen LogP contribution in [0, 0.1) is 11.8 Å². The number of rotatable bonds is 7. The van der Waals surface area contributed by atoms with Gasteiger partial charge in [0.15, 0.2) is 0 Å². The number of anilines is 1. The van der Waals surface area contributed by atoms with Gasteiger partial charge in [-0.05, 0) is 18.8 Å². The molecule has 2 fully saturated rings. The van der Waals surface area contributed by atoms with E-state index >= 15 is 0 Å². The minimum Gasteiger partial charge on any atom is -0.342 e. The second-order valence-corrected chi connectivity index (χ2v) is 8.35. The van der Waals surface area contributed by atoms with Gasteiger partial charge in [0.2, 0.25) is 17.7 Å². The Morgan fingerprint density at radius 1 is 1.34 bits per heavy atom. The van der Waals surface area contributed by atoms with E-state index in [9.17, 15) is 14.4 Å². The number of nitrogens with one attached hydrogen (secondary N) is 1. The quantitative estimate of drug-likeness (QED) is 0.709. The Labute approximate surface area is 171 Å². The molecule has 1 unspecified atom stereocenters. The van der Waals surface area contributed by atoms with Crippen LogP contribution in [0.1, 0.15) is 45.6 Å². The summed E-state index contributed by atoms with van der Waals surface area (Å²) in [6, 6.07) is 1.96. The van der Waals surface area contributed by atoms with Crippen LogP contribution >= 0.6 is 0 Å². The van der Waals surface area contributed by atoms with E-state index in [2.05, 4.69) is 17.0 Å². The molecule has 1 N–H and O–H groups in total. The zero-order chi connectivity index (χ0) is 21.0. The normalized spacial score (nSPS) is 20.4. The Hall–Kier alpha value is -2.64. The fourth-order valence-electron chi connectivity index (χ4n) is 4.13. The van der Waals surface area contributed by atoms with Crippen molar-refractivity contribution >= 4 is 23.5 Å². The lowest BCUT2D eigenvalue weighted by atomic mass is 10.0. The van der Waals surface area contributed by atoms with Gasteiger partial charge in [0.1, 0.15) is 5.82 Å². The van der Waals surface area contributed by atoms with Gasteiger partial charge in [-0.1, -0.05) is 19.9 Å². The van der Waals surface area contributed by atoms with Crippen molar-refractivity contribution in [3.05, 3.63) is 24.9 Å². The summed E-state index contributed by atoms with van der Waals surface area (Å²) in [6.45, 7) is 9.93. The van der Waals surface area contributed by atoms with Gasteiger partial charge in [-0.2, -0.15) is 5.10 Å². The molecular weight excluding hydrogens is 370 g/mol. The van der Waals surface area contributed by atoms with Crippen molar-refractivity contribution in [3.8, 4) is 0 Å². The van der Waals surface area contributed by atoms with Crippen LogP contribution in [-0.2, 0) is 14.4 Å². The number of amides is 3. The molecule has 0 spiro atoms. The third kappa shape index (κ3) is 5.05. The fourth-order valence-corrected chi connectivity index (χ4v) is 4.13. The maximum Gasteiger partial charge on any atom is 0.227 e. The average molecular weight is 402 g/mol. The Morgan fingerprint density at radius 2 is 2.07 bits per heavy atom. The van der Waals surface area contributed by atoms with Gasteiger partial charge >= 0.3 is 0 Å². The number of carbonyl (C=O) groups excluding carboxylic acids is 3. The summed E-state index contributed by atoms with van der Waals surface area (Å²) < 4.78 is 1.87. The minimum absolute atomic E-state index is 0.00987. The summed E-state index contributed by atoms with van der Waals surface area (Å²) in [6.07, 6.45) is 5.70. The lowest BCUT2D eigenvalue weighted by molar-refractivity contribution is -0.137. The first-order chi connectivity index (χ1) is 13.9. The third-order valence-corrected chi connectivity index (χ3v) is 5.57. The first-order valence-electron chi connectivity index (χ1n) is 10.4. The number of nitrogens with zero attached hydrogens (tertiary/aromatic N) is 4. The molecule has 1 aromatic heterocycles. The Balaban J connectivity index is 1.54. The van der Waals surface area contributed by atoms with Crippen LogP contribution in [0.15, 0.2) is 24.9 Å². The van der Waals surface area contributed by atoms with E-state index in [1.54, 1.807) is 17.2 Å². The van der Waals surface area contributed by atoms with E-state index < -0.39 is 0 Å². The van der Waals surface area contributed by atoms with Gasteiger partial charge in [-0.25, -0.2) is 4.68 Å². The van der Waals surface area contributed by atoms with Crippen molar-refractivity contribution in [2.24, 2.45) is 11.8 Å². The van der Waals surface area contributed by atoms with Gasteiger partial charge in [0.25, 0.3) is 0 Å². The van der Waals surface area contributed by atoms with Crippen molar-refractivity contribution in [3.63, 3.8) is 0 Å². The van der Waals surface area contributed by atoms with Crippen molar-refractivity contribution in [2.75, 3.05) is 31.5 Å². The Bertz CT molecular complexity index is 764. The molecule has 0 bridgehead atoms. The standard InChI is InChI=1S/C21H31N5O3/c1-4-9-25-14-16(13-20(25)28)21(29)24-10-6-17(7-11-24)26-18(5-8-22-26)23-19(27)12-15(2)3/h4-5,8,15-17H,1,6-7,9-14H2,2-3H3,(H,23,27). The van der Waals surface area contributed by atoms with Crippen LogP contribution in [-0.4, -0.2) is 63.5 Å². The number of aromatic nitrogens is 2. The molecule has 0 aromatic carbocycles. The number of likely N-dealkylation sites (tertiary alicyclic amines) is 2. The van der Waals surface area contributed by atoms with Crippen molar-refractivity contribution < 1.29 is 14.4 Å². The maximum absolute atomic E-state index is 12.8. The molecule has 2 aliphatic rings. The molecule has 2 aliphatic heterocycles. The predicted octanol–water partition coefficient (Wildman–Crippen LogP) is 2.07. The van der Waals surface area contributed by atoms with Gasteiger partial charge < -0.3 is 15.1 Å². The van der Waals surface area contributed by atoms with Gasteiger partial charge in [-0.3, -0.25) is 14.4 Å². The number of carbonyl (C=O) groups is 3. The van der Waals surface area contributed by atoms with Crippen LogP contribution < -0.4 is 5.32 Å². The highest BCUT2D eigenvalue weighted by Crippen LogP contribution is 2.28. The van der Waals surface area contributed by atoms with Gasteiger partial charge in [0.05, 0.1) is 18.2 Å². The molecule has 2 saturated heterocycles. The zero-order valence-electron chi connectivity index (χ0n) is 17.3. The predicted molar refractivity (Wildman–Crippen MR) is 110 cm³/mol. The fraction of sp³-hybridized carbons (Fsp3) is 0.619. The molecule has 3 amide bonds. The van der Waals surface area contributed by atoms with Crippen LogP contribution in [0.4, 0.5) is 5.82 Å². The molecule has 1 atom stereocenters. The van der Waals surface area contributed by atoms with E-state index in [1.165, 1.54) is 0 Å². The molecule has 3 heterocycles. The minimum atomic E-state index is -0.255. The lowest BCUT2D eigenvalue weighted by Crippen LogP contribution is -2.43. The van der Waals surface area contributed by atoms with Gasteiger partial charge in [0, 0.05) is 45.1 Å². The lowest BCUT2D eigenvalue weighted by Gasteiger charge is -2.34. The van der Waals surface area contributed by atoms with E-state index in [1.807, 2.05) is 29.5 Å². The number of hydrogen-bond acceptors (Lipinski definition) is 4. The zero-order valence-corrected chi connectivity index (χ0v) is 17.3. The first-order valence-corrected chi connectivity index (χ1v) is 10.4. The number of hydrogen-bond donors (Lipinski definition) is 1. The summed E-state index contributed by atoms with van der Waals surface area (Å²) in [7, 11) is 0. The molecule has 0 radical (unpaired) electrons. The van der Waals surface area contributed by atoms with E-state index in [4.69, 9.17) is 0 Å². The molecule has 29 heavy (non-hydrogen) atoms. The molecule has 0 aliphatic carbocycles. The monoisotopic (exact) mass is 401 g/mol. The average Bonchev–Trinajstić information content (AvgIpc) is 3.28. The summed E-state index contributed by atoms with van der Waals surface area (Å²) >= 11 is 0. The summed E-state index contributed by atoms with van der Waals surface area (Å²) in [5, 5.41) is 7.35.